The molecule has 1 aromatic carbocycles. The number of hydrogen-bond donors (Lipinski definition) is 0. The second-order valence-electron chi connectivity index (χ2n) is 3.30. The van der Waals surface area contributed by atoms with Crippen LogP contribution in [-0.2, 0) is 15.7 Å². The van der Waals surface area contributed by atoms with Crippen molar-refractivity contribution >= 4 is 21.6 Å². The quantitative estimate of drug-likeness (QED) is 0.786. The van der Waals surface area contributed by atoms with Crippen LogP contribution >= 0.6 is 11.8 Å². The summed E-state index contributed by atoms with van der Waals surface area (Å²) in [6.07, 6.45) is 3.18. The highest BCUT2D eigenvalue weighted by Gasteiger charge is 2.17. The van der Waals surface area contributed by atoms with Gasteiger partial charge in [-0.05, 0) is 18.4 Å². The number of thioether (sulfide) groups is 1. The van der Waals surface area contributed by atoms with Gasteiger partial charge in [-0.25, -0.2) is 18.1 Å². The van der Waals surface area contributed by atoms with Crippen LogP contribution in [0.1, 0.15) is 0 Å². The number of nitrogens with zero attached hydrogens (tertiary/aromatic N) is 3. The average Bonchev–Trinajstić information content (AvgIpc) is 2.77. The van der Waals surface area contributed by atoms with Crippen LogP contribution in [0.5, 0.6) is 0 Å². The summed E-state index contributed by atoms with van der Waals surface area (Å²) in [6, 6.07) is 8.32. The van der Waals surface area contributed by atoms with Gasteiger partial charge in [0.2, 0.25) is 0 Å². The molecule has 0 unspecified atom stereocenters. The Morgan fingerprint density at radius 3 is 2.65 bits per heavy atom. The van der Waals surface area contributed by atoms with E-state index < -0.39 is 9.84 Å². The molecule has 1 heterocycles. The van der Waals surface area contributed by atoms with Crippen molar-refractivity contribution in [1.82, 2.24) is 14.8 Å². The molecule has 7 heteroatoms. The number of rotatable bonds is 4. The van der Waals surface area contributed by atoms with E-state index in [2.05, 4.69) is 10.1 Å². The lowest BCUT2D eigenvalue weighted by atomic mass is 10.4. The van der Waals surface area contributed by atoms with Crippen LogP contribution in [-0.4, -0.2) is 29.4 Å². The summed E-state index contributed by atoms with van der Waals surface area (Å²) in [5.41, 5.74) is 0. The minimum atomic E-state index is -3.37. The van der Waals surface area contributed by atoms with Crippen LogP contribution < -0.4 is 0 Å². The van der Waals surface area contributed by atoms with Crippen molar-refractivity contribution in [2.24, 2.45) is 0 Å². The topological polar surface area (TPSA) is 64.8 Å². The number of hydrogen-bond acceptors (Lipinski definition) is 5. The van der Waals surface area contributed by atoms with Gasteiger partial charge in [-0.1, -0.05) is 30.0 Å². The molecule has 0 aliphatic carbocycles. The van der Waals surface area contributed by atoms with Gasteiger partial charge in [0.15, 0.2) is 15.0 Å². The molecule has 0 aliphatic heterocycles. The molecule has 0 N–H and O–H groups in total. The molecule has 2 aromatic rings. The van der Waals surface area contributed by atoms with Crippen molar-refractivity contribution in [3.8, 4) is 0 Å². The first-order valence-corrected chi connectivity index (χ1v) is 7.71. The van der Waals surface area contributed by atoms with Gasteiger partial charge >= 0.3 is 0 Å². The van der Waals surface area contributed by atoms with Crippen LogP contribution in [0, 0.1) is 0 Å². The normalized spacial score (nSPS) is 11.6. The van der Waals surface area contributed by atoms with Gasteiger partial charge in [-0.15, -0.1) is 0 Å². The van der Waals surface area contributed by atoms with E-state index in [1.807, 2.05) is 6.26 Å². The summed E-state index contributed by atoms with van der Waals surface area (Å²) in [5.74, 6) is -0.187. The largest absolute Gasteiger partial charge is 0.225 e. The van der Waals surface area contributed by atoms with E-state index in [4.69, 9.17) is 0 Å². The van der Waals surface area contributed by atoms with Gasteiger partial charge in [0.1, 0.15) is 12.2 Å². The second kappa shape index (κ2) is 4.89. The lowest BCUT2D eigenvalue weighted by Crippen LogP contribution is -2.13. The van der Waals surface area contributed by atoms with Crippen molar-refractivity contribution < 1.29 is 8.42 Å². The van der Waals surface area contributed by atoms with E-state index in [0.29, 0.717) is 10.1 Å². The Hall–Kier alpha value is -1.34. The molecule has 1 aromatic heterocycles. The molecule has 0 bridgehead atoms. The lowest BCUT2D eigenvalue weighted by Gasteiger charge is -2.05. The Balaban J connectivity index is 2.30. The number of aromatic nitrogens is 3. The monoisotopic (exact) mass is 269 g/mol. The first-order chi connectivity index (χ1) is 8.13. The summed E-state index contributed by atoms with van der Waals surface area (Å²) in [4.78, 5) is 4.26. The zero-order valence-electron chi connectivity index (χ0n) is 9.15. The molecular weight excluding hydrogens is 258 g/mol. The minimum Gasteiger partial charge on any atom is -0.225 e. The predicted octanol–water partition coefficient (Wildman–Crippen LogP) is 1.43. The van der Waals surface area contributed by atoms with E-state index >= 15 is 0 Å². The molecule has 0 fully saturated rings. The van der Waals surface area contributed by atoms with E-state index in [9.17, 15) is 8.42 Å². The third kappa shape index (κ3) is 2.67. The predicted molar refractivity (Wildman–Crippen MR) is 65.4 cm³/mol. The standard InChI is InChI=1S/C10H11N3O2S2/c1-16-10-11-7-12-13(10)8-17(14,15)9-5-3-2-4-6-9/h2-7H,8H2,1H3. The van der Waals surface area contributed by atoms with Gasteiger partial charge in [-0.3, -0.25) is 0 Å². The molecular formula is C10H11N3O2S2. The fourth-order valence-electron chi connectivity index (χ4n) is 1.36. The van der Waals surface area contributed by atoms with Crippen LogP contribution in [0.4, 0.5) is 0 Å². The van der Waals surface area contributed by atoms with Gasteiger partial charge in [0.25, 0.3) is 0 Å². The van der Waals surface area contributed by atoms with Crippen LogP contribution in [0.15, 0.2) is 46.7 Å². The molecule has 0 radical (unpaired) electrons. The maximum atomic E-state index is 12.1. The van der Waals surface area contributed by atoms with Gasteiger partial charge < -0.3 is 0 Å². The second-order valence-corrected chi connectivity index (χ2v) is 6.04. The van der Waals surface area contributed by atoms with Crippen LogP contribution in [0.2, 0.25) is 0 Å². The smallest absolute Gasteiger partial charge is 0.198 e. The Kier molecular flexibility index (Phi) is 3.49. The van der Waals surface area contributed by atoms with Crippen molar-refractivity contribution in [2.75, 3.05) is 6.26 Å². The zero-order chi connectivity index (χ0) is 12.3. The molecule has 0 saturated carbocycles. The van der Waals surface area contributed by atoms with E-state index in [1.54, 1.807) is 30.3 Å². The van der Waals surface area contributed by atoms with Crippen molar-refractivity contribution in [2.45, 2.75) is 15.9 Å². The third-order valence-corrected chi connectivity index (χ3v) is 4.41. The summed E-state index contributed by atoms with van der Waals surface area (Å²) in [7, 11) is -3.37. The summed E-state index contributed by atoms with van der Waals surface area (Å²) in [6.45, 7) is 0. The minimum absolute atomic E-state index is 0.187. The van der Waals surface area contributed by atoms with E-state index in [-0.39, 0.29) is 5.88 Å². The SMILES string of the molecule is CSc1ncnn1CS(=O)(=O)c1ccccc1. The van der Waals surface area contributed by atoms with Crippen LogP contribution in [0.3, 0.4) is 0 Å². The fraction of sp³-hybridized carbons (Fsp3) is 0.200. The average molecular weight is 269 g/mol. The fourth-order valence-corrected chi connectivity index (χ4v) is 3.15. The lowest BCUT2D eigenvalue weighted by molar-refractivity contribution is 0.563. The molecule has 2 rings (SSSR count). The molecule has 0 spiro atoms. The van der Waals surface area contributed by atoms with Gasteiger partial charge in [0, 0.05) is 0 Å². The Morgan fingerprint density at radius 1 is 1.29 bits per heavy atom. The highest BCUT2D eigenvalue weighted by molar-refractivity contribution is 7.98. The van der Waals surface area contributed by atoms with Crippen molar-refractivity contribution in [3.05, 3.63) is 36.7 Å². The molecule has 17 heavy (non-hydrogen) atoms. The third-order valence-electron chi connectivity index (χ3n) is 2.16. The van der Waals surface area contributed by atoms with Crippen molar-refractivity contribution in [1.29, 1.82) is 0 Å². The summed E-state index contributed by atoms with van der Waals surface area (Å²) >= 11 is 1.36. The number of benzene rings is 1. The molecule has 0 aliphatic rings. The number of sulfone groups is 1. The summed E-state index contributed by atoms with van der Waals surface area (Å²) in [5, 5.41) is 4.49. The molecule has 90 valence electrons. The maximum Gasteiger partial charge on any atom is 0.198 e. The molecule has 0 atom stereocenters. The maximum absolute atomic E-state index is 12.1. The highest BCUT2D eigenvalue weighted by Crippen LogP contribution is 2.15. The van der Waals surface area contributed by atoms with Gasteiger partial charge in [0.05, 0.1) is 4.90 Å². The Labute approximate surface area is 104 Å². The van der Waals surface area contributed by atoms with Gasteiger partial charge in [-0.2, -0.15) is 5.10 Å². The first-order valence-electron chi connectivity index (χ1n) is 4.83. The first kappa shape index (κ1) is 12.1. The Bertz CT molecular complexity index is 593. The molecule has 0 amide bonds. The van der Waals surface area contributed by atoms with Crippen molar-refractivity contribution in [3.63, 3.8) is 0 Å². The molecule has 0 saturated heterocycles. The van der Waals surface area contributed by atoms with E-state index in [1.165, 1.54) is 22.8 Å². The summed E-state index contributed by atoms with van der Waals surface area (Å²) < 4.78 is 25.5. The Morgan fingerprint density at radius 2 is 2.00 bits per heavy atom. The highest BCUT2D eigenvalue weighted by atomic mass is 32.2. The van der Waals surface area contributed by atoms with E-state index in [0.717, 1.165) is 0 Å². The van der Waals surface area contributed by atoms with Crippen LogP contribution in [0.25, 0.3) is 0 Å². The zero-order valence-corrected chi connectivity index (χ0v) is 10.8. The molecule has 5 nitrogen and oxygen atoms in total.